The third kappa shape index (κ3) is 3.58. The van der Waals surface area contributed by atoms with Gasteiger partial charge in [-0.1, -0.05) is 46.8 Å². The zero-order valence-electron chi connectivity index (χ0n) is 25.0. The molecule has 0 saturated heterocycles. The summed E-state index contributed by atoms with van der Waals surface area (Å²) >= 11 is 0. The van der Waals surface area contributed by atoms with Gasteiger partial charge in [-0.2, -0.15) is 0 Å². The molecule has 0 aromatic rings. The van der Waals surface area contributed by atoms with Gasteiger partial charge in [0.1, 0.15) is 12.7 Å². The fraction of sp³-hybridized carbons (Fsp3) is 0.879. The topological polar surface area (TPSA) is 72.8 Å². The van der Waals surface area contributed by atoms with Crippen molar-refractivity contribution in [2.45, 2.75) is 112 Å². The quantitative estimate of drug-likeness (QED) is 0.300. The van der Waals surface area contributed by atoms with E-state index in [0.717, 1.165) is 51.4 Å². The van der Waals surface area contributed by atoms with Gasteiger partial charge in [0.15, 0.2) is 0 Å². The van der Waals surface area contributed by atoms with E-state index in [0.29, 0.717) is 23.7 Å². The number of aliphatic carboxylic acids is 1. The summed E-state index contributed by atoms with van der Waals surface area (Å²) in [7, 11) is 1.54. The number of carboxylic acid groups (broad SMARTS) is 1. The Bertz CT molecular complexity index is 1000. The van der Waals surface area contributed by atoms with Crippen molar-refractivity contribution in [2.75, 3.05) is 13.7 Å². The Morgan fingerprint density at radius 2 is 1.58 bits per heavy atom. The summed E-state index contributed by atoms with van der Waals surface area (Å²) in [4.78, 5) is 25.2. The lowest BCUT2D eigenvalue weighted by molar-refractivity contribution is -0.250. The van der Waals surface area contributed by atoms with Gasteiger partial charge in [0.2, 0.25) is 0 Å². The molecule has 5 heteroatoms. The SMILES string of the molecule is C=C(C)[C@@H]1CC[C@]2(C(=O)O)CC[C@]3(C)[C@H](CC[C@@H]4[C@@]5(C)CC[C@H](OC(=O)COC)C(C)(C)[C@@H]5CC[C@]43C)[C@@H]12. The van der Waals surface area contributed by atoms with E-state index in [2.05, 4.69) is 48.1 Å². The molecule has 0 bridgehead atoms. The number of hydrogen-bond donors (Lipinski definition) is 1. The number of esters is 1. The fourth-order valence-electron chi connectivity index (χ4n) is 12.0. The zero-order valence-corrected chi connectivity index (χ0v) is 25.0. The second-order valence-electron chi connectivity index (χ2n) is 15.4. The Morgan fingerprint density at radius 3 is 2.21 bits per heavy atom. The smallest absolute Gasteiger partial charge is 0.332 e. The summed E-state index contributed by atoms with van der Waals surface area (Å²) in [5.74, 6) is 1.28. The van der Waals surface area contributed by atoms with Crippen molar-refractivity contribution in [1.29, 1.82) is 0 Å². The van der Waals surface area contributed by atoms with Gasteiger partial charge in [-0.25, -0.2) is 4.79 Å². The minimum absolute atomic E-state index is 0.0130. The second kappa shape index (κ2) is 9.08. The first-order valence-electron chi connectivity index (χ1n) is 15.3. The van der Waals surface area contributed by atoms with E-state index in [4.69, 9.17) is 9.47 Å². The van der Waals surface area contributed by atoms with E-state index in [1.165, 1.54) is 18.4 Å². The van der Waals surface area contributed by atoms with Gasteiger partial charge in [0.05, 0.1) is 5.41 Å². The van der Waals surface area contributed by atoms with Gasteiger partial charge >= 0.3 is 11.9 Å². The molecule has 38 heavy (non-hydrogen) atoms. The van der Waals surface area contributed by atoms with Crippen molar-refractivity contribution < 1.29 is 24.2 Å². The molecule has 0 heterocycles. The molecule has 0 aliphatic heterocycles. The van der Waals surface area contributed by atoms with Crippen LogP contribution in [0.1, 0.15) is 106 Å². The van der Waals surface area contributed by atoms with Crippen LogP contribution in [0.25, 0.3) is 0 Å². The molecule has 0 aromatic carbocycles. The van der Waals surface area contributed by atoms with Gasteiger partial charge in [0, 0.05) is 12.5 Å². The number of carbonyl (C=O) groups excluding carboxylic acids is 1. The number of rotatable bonds is 5. The van der Waals surface area contributed by atoms with Crippen LogP contribution in [0.4, 0.5) is 0 Å². The lowest BCUT2D eigenvalue weighted by Gasteiger charge is -2.72. The van der Waals surface area contributed by atoms with E-state index < -0.39 is 11.4 Å². The molecule has 0 aromatic heterocycles. The van der Waals surface area contributed by atoms with Crippen molar-refractivity contribution in [3.05, 3.63) is 12.2 Å². The molecule has 5 saturated carbocycles. The average Bonchev–Trinajstić information content (AvgIpc) is 3.23. The number of carboxylic acids is 1. The summed E-state index contributed by atoms with van der Waals surface area (Å²) in [6, 6.07) is 0. The largest absolute Gasteiger partial charge is 0.481 e. The first-order chi connectivity index (χ1) is 17.7. The number of hydrogen-bond acceptors (Lipinski definition) is 4. The highest BCUT2D eigenvalue weighted by atomic mass is 16.6. The minimum atomic E-state index is -0.565. The van der Waals surface area contributed by atoms with Crippen molar-refractivity contribution in [3.8, 4) is 0 Å². The number of ether oxygens (including phenoxy) is 2. The molecule has 5 fully saturated rings. The van der Waals surface area contributed by atoms with Crippen LogP contribution in [0.15, 0.2) is 12.2 Å². The fourth-order valence-corrected chi connectivity index (χ4v) is 12.0. The maximum absolute atomic E-state index is 12.9. The van der Waals surface area contributed by atoms with Gasteiger partial charge in [-0.3, -0.25) is 4.79 Å². The highest BCUT2D eigenvalue weighted by Gasteiger charge is 2.72. The number of methoxy groups -OCH3 is 1. The molecule has 5 rings (SSSR count). The van der Waals surface area contributed by atoms with Crippen LogP contribution in [-0.2, 0) is 19.1 Å². The second-order valence-corrected chi connectivity index (χ2v) is 15.4. The van der Waals surface area contributed by atoms with Crippen molar-refractivity contribution in [1.82, 2.24) is 0 Å². The molecular weight excluding hydrogens is 476 g/mol. The third-order valence-corrected chi connectivity index (χ3v) is 14.0. The van der Waals surface area contributed by atoms with Gasteiger partial charge in [0.25, 0.3) is 0 Å². The summed E-state index contributed by atoms with van der Waals surface area (Å²) in [6.07, 6.45) is 10.2. The summed E-state index contributed by atoms with van der Waals surface area (Å²) in [5.41, 5.74) is 1.05. The van der Waals surface area contributed by atoms with Gasteiger partial charge in [-0.15, -0.1) is 0 Å². The van der Waals surface area contributed by atoms with Crippen LogP contribution in [0.3, 0.4) is 0 Å². The highest BCUT2D eigenvalue weighted by Crippen LogP contribution is 2.77. The Labute approximate surface area is 230 Å². The Morgan fingerprint density at radius 1 is 0.868 bits per heavy atom. The summed E-state index contributed by atoms with van der Waals surface area (Å²) in [6.45, 7) is 18.8. The van der Waals surface area contributed by atoms with Gasteiger partial charge < -0.3 is 14.6 Å². The molecular formula is C33H52O5. The number of carbonyl (C=O) groups is 2. The van der Waals surface area contributed by atoms with Crippen LogP contribution in [0.2, 0.25) is 0 Å². The minimum Gasteiger partial charge on any atom is -0.481 e. The lowest BCUT2D eigenvalue weighted by Crippen LogP contribution is -2.67. The van der Waals surface area contributed by atoms with Crippen molar-refractivity contribution in [2.24, 2.45) is 56.7 Å². The standard InChI is InChI=1S/C33H52O5/c1-20(2)21-11-16-33(28(35)36)18-17-31(6)22(27(21)33)9-10-24-30(5)14-13-25(38-26(34)19-37-8)29(3,4)23(30)12-15-32(24,31)7/h21-25,27H,1,9-19H2,2-8H3,(H,35,36)/t21-,22+,23-,24+,25-,27+,30-,31+,32+,33-/m0/s1. The van der Waals surface area contributed by atoms with Crippen LogP contribution < -0.4 is 0 Å². The van der Waals surface area contributed by atoms with Crippen LogP contribution >= 0.6 is 0 Å². The van der Waals surface area contributed by atoms with E-state index >= 15 is 0 Å². The highest BCUT2D eigenvalue weighted by molar-refractivity contribution is 5.76. The summed E-state index contributed by atoms with van der Waals surface area (Å²) < 4.78 is 11.0. The number of allylic oxidation sites excluding steroid dienone is 1. The monoisotopic (exact) mass is 528 g/mol. The molecule has 5 aliphatic rings. The maximum Gasteiger partial charge on any atom is 0.332 e. The Hall–Kier alpha value is -1.36. The first kappa shape index (κ1) is 28.2. The predicted molar refractivity (Wildman–Crippen MR) is 148 cm³/mol. The lowest BCUT2D eigenvalue weighted by atomic mass is 9.32. The van der Waals surface area contributed by atoms with Crippen LogP contribution in [0.5, 0.6) is 0 Å². The normalized spacial score (nSPS) is 49.1. The third-order valence-electron chi connectivity index (χ3n) is 14.0. The van der Waals surface area contributed by atoms with E-state index in [1.54, 1.807) is 7.11 Å². The Kier molecular flexibility index (Phi) is 6.73. The zero-order chi connectivity index (χ0) is 27.9. The Balaban J connectivity index is 1.48. The van der Waals surface area contributed by atoms with E-state index in [1.807, 2.05) is 0 Å². The maximum atomic E-state index is 12.9. The first-order valence-corrected chi connectivity index (χ1v) is 15.3. The van der Waals surface area contributed by atoms with E-state index in [9.17, 15) is 14.7 Å². The van der Waals surface area contributed by atoms with Crippen molar-refractivity contribution >= 4 is 11.9 Å². The molecule has 0 radical (unpaired) electrons. The molecule has 5 aliphatic carbocycles. The molecule has 10 atom stereocenters. The molecule has 0 amide bonds. The van der Waals surface area contributed by atoms with Crippen LogP contribution in [-0.4, -0.2) is 36.9 Å². The number of fused-ring (bicyclic) bond motifs is 7. The molecule has 5 nitrogen and oxygen atoms in total. The molecule has 0 spiro atoms. The van der Waals surface area contributed by atoms with E-state index in [-0.39, 0.29) is 46.3 Å². The van der Waals surface area contributed by atoms with Crippen molar-refractivity contribution in [3.63, 3.8) is 0 Å². The average molecular weight is 529 g/mol. The predicted octanol–water partition coefficient (Wildman–Crippen LogP) is 7.29. The van der Waals surface area contributed by atoms with Crippen LogP contribution in [0, 0.1) is 56.7 Å². The molecule has 1 N–H and O–H groups in total. The molecule has 0 unspecified atom stereocenters. The van der Waals surface area contributed by atoms with Gasteiger partial charge in [-0.05, 0) is 117 Å². The molecule has 214 valence electrons. The summed E-state index contributed by atoms with van der Waals surface area (Å²) in [5, 5.41) is 10.6.